The molecule has 0 bridgehead atoms. The van der Waals surface area contributed by atoms with Crippen LogP contribution < -0.4 is 28.1 Å². The number of rotatable bonds is 2. The van der Waals surface area contributed by atoms with Crippen molar-refractivity contribution in [2.45, 2.75) is 25.7 Å². The summed E-state index contributed by atoms with van der Waals surface area (Å²) in [5, 5.41) is 0. The summed E-state index contributed by atoms with van der Waals surface area (Å²) >= 11 is 0. The Labute approximate surface area is 161 Å². The van der Waals surface area contributed by atoms with Gasteiger partial charge in [0, 0.05) is 37.0 Å². The molecule has 0 spiro atoms. The Hall–Kier alpha value is -1.96. The lowest BCUT2D eigenvalue weighted by molar-refractivity contribution is -2.00. The average Bonchev–Trinajstić information content (AvgIpc) is 2.60. The molecule has 0 atom stereocenters. The van der Waals surface area contributed by atoms with E-state index >= 15 is 0 Å². The van der Waals surface area contributed by atoms with Gasteiger partial charge in [-0.25, -0.2) is 23.2 Å². The molecule has 2 aliphatic heterocycles. The van der Waals surface area contributed by atoms with Crippen molar-refractivity contribution in [1.82, 2.24) is 0 Å². The SMILES string of the molecule is C[n+]1ccccc1/C=C/c1cc2c3c(c1)CCCN3CCC2.[O-][Cl+3]([O-])([O-])[O-]. The van der Waals surface area contributed by atoms with Gasteiger partial charge >= 0.3 is 0 Å². The molecular weight excluding hydrogens is 368 g/mol. The van der Waals surface area contributed by atoms with Crippen molar-refractivity contribution in [1.29, 1.82) is 0 Å². The summed E-state index contributed by atoms with van der Waals surface area (Å²) in [5.41, 5.74) is 7.25. The molecule has 2 aromatic rings. The van der Waals surface area contributed by atoms with E-state index in [1.54, 1.807) is 16.8 Å². The Morgan fingerprint density at radius 3 is 2.11 bits per heavy atom. The van der Waals surface area contributed by atoms with Gasteiger partial charge in [0.05, 0.1) is 0 Å². The molecule has 0 N–H and O–H groups in total. The molecule has 144 valence electrons. The van der Waals surface area contributed by atoms with Crippen molar-refractivity contribution in [3.05, 3.63) is 58.9 Å². The minimum Gasteiger partial charge on any atom is -0.371 e. The first-order valence-corrected chi connectivity index (χ1v) is 10.2. The van der Waals surface area contributed by atoms with E-state index in [0.717, 1.165) is 0 Å². The summed E-state index contributed by atoms with van der Waals surface area (Å²) in [6.07, 6.45) is 11.6. The summed E-state index contributed by atoms with van der Waals surface area (Å²) in [5.74, 6) is 0. The highest BCUT2D eigenvalue weighted by molar-refractivity contribution is 5.72. The van der Waals surface area contributed by atoms with Gasteiger partial charge in [-0.3, -0.25) is 0 Å². The predicted octanol–water partition coefficient (Wildman–Crippen LogP) is -1.38. The van der Waals surface area contributed by atoms with Gasteiger partial charge in [0.15, 0.2) is 6.20 Å². The van der Waals surface area contributed by atoms with Gasteiger partial charge < -0.3 is 4.90 Å². The van der Waals surface area contributed by atoms with Gasteiger partial charge in [-0.05, 0) is 66.6 Å². The zero-order valence-corrected chi connectivity index (χ0v) is 16.0. The second-order valence-corrected chi connectivity index (χ2v) is 7.59. The molecule has 1 aromatic heterocycles. The van der Waals surface area contributed by atoms with Crippen LogP contribution in [-0.2, 0) is 19.9 Å². The maximum absolute atomic E-state index is 8.49. The molecule has 0 saturated heterocycles. The van der Waals surface area contributed by atoms with Crippen LogP contribution >= 0.6 is 0 Å². The topological polar surface area (TPSA) is 99.4 Å². The lowest BCUT2D eigenvalue weighted by Crippen LogP contribution is -2.68. The van der Waals surface area contributed by atoms with E-state index in [4.69, 9.17) is 18.6 Å². The van der Waals surface area contributed by atoms with Crippen molar-refractivity contribution in [2.75, 3.05) is 18.0 Å². The number of aromatic nitrogens is 1. The summed E-state index contributed by atoms with van der Waals surface area (Å²) in [4.78, 5) is 2.60. The van der Waals surface area contributed by atoms with Crippen LogP contribution in [0.5, 0.6) is 0 Å². The van der Waals surface area contributed by atoms with E-state index in [1.807, 2.05) is 0 Å². The molecular formula is C20H23ClN2O4. The highest BCUT2D eigenvalue weighted by Crippen LogP contribution is 2.36. The largest absolute Gasteiger partial charge is 0.371 e. The fourth-order valence-corrected chi connectivity index (χ4v) is 3.82. The van der Waals surface area contributed by atoms with E-state index < -0.39 is 10.2 Å². The molecule has 2 aliphatic rings. The number of hydrogen-bond acceptors (Lipinski definition) is 5. The number of halogens is 1. The van der Waals surface area contributed by atoms with Gasteiger partial charge in [0.25, 0.3) is 0 Å². The first-order chi connectivity index (χ1) is 12.8. The van der Waals surface area contributed by atoms with Crippen molar-refractivity contribution in [2.24, 2.45) is 7.05 Å². The monoisotopic (exact) mass is 390 g/mol. The molecule has 0 radical (unpaired) electrons. The second kappa shape index (κ2) is 8.37. The molecule has 7 heteroatoms. The van der Waals surface area contributed by atoms with E-state index in [1.165, 1.54) is 50.0 Å². The van der Waals surface area contributed by atoms with E-state index in [0.29, 0.717) is 0 Å². The third kappa shape index (κ3) is 5.51. The molecule has 0 fully saturated rings. The van der Waals surface area contributed by atoms with Gasteiger partial charge in [0.1, 0.15) is 7.05 Å². The van der Waals surface area contributed by atoms with Crippen molar-refractivity contribution < 1.29 is 33.4 Å². The third-order valence-corrected chi connectivity index (χ3v) is 4.90. The van der Waals surface area contributed by atoms with Crippen molar-refractivity contribution in [3.8, 4) is 0 Å². The molecule has 3 heterocycles. The first-order valence-electron chi connectivity index (χ1n) is 8.96. The molecule has 0 unspecified atom stereocenters. The smallest absolute Gasteiger partial charge is 0.204 e. The normalized spacial score (nSPS) is 16.0. The minimum absolute atomic E-state index is 1.23. The number of pyridine rings is 1. The molecule has 0 saturated carbocycles. The molecule has 1 aromatic carbocycles. The standard InChI is InChI=1S/C20H23N2.ClHO4/c1-21-11-3-2-8-19(21)10-9-16-14-17-6-4-12-22-13-5-7-18(15-16)20(17)22;2-1(3,4)5/h2-3,8-11,14-15H,4-7,12-13H2,1H3;(H,2,3,4,5)/q+1;/p-1. The van der Waals surface area contributed by atoms with Crippen LogP contribution in [0.4, 0.5) is 5.69 Å². The van der Waals surface area contributed by atoms with Crippen LogP contribution in [0.1, 0.15) is 35.2 Å². The Morgan fingerprint density at radius 2 is 1.56 bits per heavy atom. The quantitative estimate of drug-likeness (QED) is 0.589. The summed E-state index contributed by atoms with van der Waals surface area (Å²) in [6, 6.07) is 11.1. The molecule has 6 nitrogen and oxygen atoms in total. The Morgan fingerprint density at radius 1 is 0.963 bits per heavy atom. The van der Waals surface area contributed by atoms with Crippen LogP contribution in [0.25, 0.3) is 12.2 Å². The van der Waals surface area contributed by atoms with Gasteiger partial charge in [-0.1, -0.05) is 0 Å². The van der Waals surface area contributed by atoms with E-state index in [9.17, 15) is 0 Å². The lowest BCUT2D eigenvalue weighted by Gasteiger charge is -2.37. The number of nitrogens with zero attached hydrogens (tertiary/aromatic N) is 2. The first kappa shape index (κ1) is 19.8. The zero-order valence-electron chi connectivity index (χ0n) is 15.3. The molecule has 0 amide bonds. The summed E-state index contributed by atoms with van der Waals surface area (Å²) in [7, 11) is -2.85. The van der Waals surface area contributed by atoms with Crippen LogP contribution in [0.15, 0.2) is 36.5 Å². The number of anilines is 1. The molecule has 4 rings (SSSR count). The highest BCUT2D eigenvalue weighted by atomic mass is 35.7. The van der Waals surface area contributed by atoms with Crippen LogP contribution in [0.3, 0.4) is 0 Å². The van der Waals surface area contributed by atoms with Crippen molar-refractivity contribution >= 4 is 17.8 Å². The van der Waals surface area contributed by atoms with Crippen LogP contribution in [-0.4, -0.2) is 13.1 Å². The van der Waals surface area contributed by atoms with E-state index in [2.05, 4.69) is 65.2 Å². The van der Waals surface area contributed by atoms with Gasteiger partial charge in [0.2, 0.25) is 5.69 Å². The number of benzene rings is 1. The van der Waals surface area contributed by atoms with Crippen LogP contribution in [0, 0.1) is 10.2 Å². The fraction of sp³-hybridized carbons (Fsp3) is 0.350. The maximum Gasteiger partial charge on any atom is 0.204 e. The molecule has 27 heavy (non-hydrogen) atoms. The summed E-state index contributed by atoms with van der Waals surface area (Å²) < 4.78 is 36.1. The Balaban J connectivity index is 0.000000376. The van der Waals surface area contributed by atoms with Gasteiger partial charge in [-0.2, -0.15) is 0 Å². The fourth-order valence-electron chi connectivity index (χ4n) is 3.82. The number of hydrogen-bond donors (Lipinski definition) is 0. The third-order valence-electron chi connectivity index (χ3n) is 4.90. The Kier molecular flexibility index (Phi) is 6.14. The predicted molar refractivity (Wildman–Crippen MR) is 91.8 cm³/mol. The summed E-state index contributed by atoms with van der Waals surface area (Å²) in [6.45, 7) is 2.49. The average molecular weight is 391 g/mol. The Bertz CT molecular complexity index is 796. The van der Waals surface area contributed by atoms with Crippen LogP contribution in [0.2, 0.25) is 0 Å². The maximum atomic E-state index is 8.49. The zero-order chi connectivity index (χ0) is 19.4. The second-order valence-electron chi connectivity index (χ2n) is 6.83. The highest BCUT2D eigenvalue weighted by Gasteiger charge is 2.23. The van der Waals surface area contributed by atoms with Gasteiger partial charge in [-0.15, -0.1) is 10.2 Å². The lowest BCUT2D eigenvalue weighted by atomic mass is 9.90. The minimum atomic E-state index is -4.94. The molecule has 0 aliphatic carbocycles. The van der Waals surface area contributed by atoms with E-state index in [-0.39, 0.29) is 0 Å². The number of aryl methyl sites for hydroxylation is 3. The van der Waals surface area contributed by atoms with Crippen molar-refractivity contribution in [3.63, 3.8) is 0 Å².